The fraction of sp³-hybridized carbons (Fsp3) is 0.400. The maximum atomic E-state index is 8.67. The van der Waals surface area contributed by atoms with Crippen molar-refractivity contribution >= 4 is 0 Å². The summed E-state index contributed by atoms with van der Waals surface area (Å²) < 4.78 is 0. The van der Waals surface area contributed by atoms with Crippen molar-refractivity contribution in [2.45, 2.75) is 6.92 Å². The minimum absolute atomic E-state index is 0.0706. The van der Waals surface area contributed by atoms with Crippen LogP contribution in [0.15, 0.2) is 23.9 Å². The van der Waals surface area contributed by atoms with Crippen molar-refractivity contribution in [3.05, 3.63) is 23.9 Å². The largest absolute Gasteiger partial charge is 0.395 e. The van der Waals surface area contributed by atoms with Crippen LogP contribution < -0.4 is 0 Å². The van der Waals surface area contributed by atoms with Crippen LogP contribution in [0.25, 0.3) is 0 Å². The van der Waals surface area contributed by atoms with Crippen LogP contribution >= 0.6 is 0 Å². The van der Waals surface area contributed by atoms with Crippen molar-refractivity contribution < 1.29 is 5.11 Å². The number of aliphatic hydroxyl groups excluding tert-OH is 1. The Balaban J connectivity index is 4.23. The van der Waals surface area contributed by atoms with Crippen LogP contribution in [0, 0.1) is 22.7 Å². The molecule has 0 amide bonds. The summed E-state index contributed by atoms with van der Waals surface area (Å²) in [6.07, 6.45) is 4.81. The third kappa shape index (κ3) is 4.97. The first-order chi connectivity index (χ1) is 6.78. The van der Waals surface area contributed by atoms with Gasteiger partial charge >= 0.3 is 0 Å². The molecule has 0 unspecified atom stereocenters. The van der Waals surface area contributed by atoms with Crippen LogP contribution in [0.5, 0.6) is 0 Å². The number of rotatable bonds is 5. The van der Waals surface area contributed by atoms with Gasteiger partial charge in [0.1, 0.15) is 17.7 Å². The van der Waals surface area contributed by atoms with Crippen molar-refractivity contribution in [3.8, 4) is 12.1 Å². The molecule has 14 heavy (non-hydrogen) atoms. The average Bonchev–Trinajstić information content (AvgIpc) is 2.23. The summed E-state index contributed by atoms with van der Waals surface area (Å²) >= 11 is 0. The molecule has 0 atom stereocenters. The summed E-state index contributed by atoms with van der Waals surface area (Å²) in [6, 6.07) is 3.51. The second kappa shape index (κ2) is 7.85. The number of hydrogen-bond donors (Lipinski definition) is 1. The normalized spacial score (nSPS) is 9.14. The molecule has 74 valence electrons. The van der Waals surface area contributed by atoms with E-state index < -0.39 is 0 Å². The van der Waals surface area contributed by atoms with Gasteiger partial charge in [0.05, 0.1) is 6.61 Å². The highest BCUT2D eigenvalue weighted by molar-refractivity contribution is 5.37. The summed E-state index contributed by atoms with van der Waals surface area (Å²) in [5, 5.41) is 25.5. The van der Waals surface area contributed by atoms with Gasteiger partial charge in [-0.3, -0.25) is 0 Å². The first kappa shape index (κ1) is 12.2. The number of allylic oxidation sites excluding steroid dienone is 3. The zero-order valence-electron chi connectivity index (χ0n) is 8.14. The molecule has 0 spiro atoms. The number of hydrogen-bond acceptors (Lipinski definition) is 4. The van der Waals surface area contributed by atoms with Crippen molar-refractivity contribution in [2.24, 2.45) is 0 Å². The van der Waals surface area contributed by atoms with Gasteiger partial charge in [-0.05, 0) is 25.3 Å². The molecule has 0 radical (unpaired) electrons. The molecule has 0 rings (SSSR count). The summed E-state index contributed by atoms with van der Waals surface area (Å²) in [7, 11) is 0. The molecule has 0 aliphatic carbocycles. The minimum Gasteiger partial charge on any atom is -0.395 e. The Morgan fingerprint density at radius 3 is 2.50 bits per heavy atom. The van der Waals surface area contributed by atoms with Crippen LogP contribution in [-0.4, -0.2) is 29.7 Å². The second-order valence-corrected chi connectivity index (χ2v) is 2.50. The summed E-state index contributed by atoms with van der Waals surface area (Å²) in [4.78, 5) is 1.88. The highest BCUT2D eigenvalue weighted by atomic mass is 16.3. The minimum atomic E-state index is 0.0706. The van der Waals surface area contributed by atoms with Crippen molar-refractivity contribution in [2.75, 3.05) is 19.7 Å². The van der Waals surface area contributed by atoms with E-state index in [9.17, 15) is 0 Å². The van der Waals surface area contributed by atoms with Gasteiger partial charge in [-0.25, -0.2) is 0 Å². The average molecular weight is 191 g/mol. The van der Waals surface area contributed by atoms with Gasteiger partial charge in [-0.2, -0.15) is 10.5 Å². The fourth-order valence-corrected chi connectivity index (χ4v) is 0.827. The lowest BCUT2D eigenvalue weighted by Gasteiger charge is -2.15. The van der Waals surface area contributed by atoms with Gasteiger partial charge in [0.25, 0.3) is 0 Å². The van der Waals surface area contributed by atoms with E-state index in [0.717, 1.165) is 6.54 Å². The van der Waals surface area contributed by atoms with Gasteiger partial charge in [-0.15, -0.1) is 0 Å². The smallest absolute Gasteiger partial charge is 0.129 e. The predicted octanol–water partition coefficient (Wildman–Crippen LogP) is 0.788. The molecular formula is C10H13N3O. The van der Waals surface area contributed by atoms with Crippen LogP contribution in [0.3, 0.4) is 0 Å². The zero-order valence-corrected chi connectivity index (χ0v) is 8.14. The number of likely N-dealkylation sites (N-methyl/N-ethyl adjacent to an activating group) is 1. The van der Waals surface area contributed by atoms with E-state index in [1.54, 1.807) is 24.4 Å². The van der Waals surface area contributed by atoms with Gasteiger partial charge in [0.15, 0.2) is 0 Å². The molecular weight excluding hydrogens is 178 g/mol. The first-order valence-electron chi connectivity index (χ1n) is 4.32. The SMILES string of the molecule is CCN(C=CC=C(C#N)C#N)CCO. The van der Waals surface area contributed by atoms with Gasteiger partial charge in [-0.1, -0.05) is 0 Å². The zero-order chi connectivity index (χ0) is 10.8. The lowest BCUT2D eigenvalue weighted by atomic mass is 10.3. The van der Waals surface area contributed by atoms with E-state index in [-0.39, 0.29) is 12.2 Å². The monoisotopic (exact) mass is 191 g/mol. The Kier molecular flexibility index (Phi) is 6.85. The molecule has 4 nitrogen and oxygen atoms in total. The molecule has 4 heteroatoms. The third-order valence-electron chi connectivity index (χ3n) is 1.59. The maximum Gasteiger partial charge on any atom is 0.129 e. The maximum absolute atomic E-state index is 8.67. The summed E-state index contributed by atoms with van der Waals surface area (Å²) in [5.74, 6) is 0. The number of nitrogens with zero attached hydrogens (tertiary/aromatic N) is 3. The van der Waals surface area contributed by atoms with Crippen molar-refractivity contribution in [1.29, 1.82) is 10.5 Å². The molecule has 0 aromatic carbocycles. The molecule has 0 aliphatic rings. The summed E-state index contributed by atoms with van der Waals surface area (Å²) in [6.45, 7) is 3.37. The van der Waals surface area contributed by atoms with Crippen LogP contribution in [0.2, 0.25) is 0 Å². The van der Waals surface area contributed by atoms with Gasteiger partial charge < -0.3 is 10.0 Å². The topological polar surface area (TPSA) is 71.0 Å². The van der Waals surface area contributed by atoms with E-state index in [2.05, 4.69) is 0 Å². The van der Waals surface area contributed by atoms with Crippen LogP contribution in [0.1, 0.15) is 6.92 Å². The standard InChI is InChI=1S/C10H13N3O/c1-2-13(6-7-14)5-3-4-10(8-11)9-12/h3-5,14H,2,6-7H2,1H3. The van der Waals surface area contributed by atoms with Crippen LogP contribution in [0.4, 0.5) is 0 Å². The Labute approximate surface area is 84.0 Å². The highest BCUT2D eigenvalue weighted by Gasteiger charge is 1.92. The first-order valence-corrected chi connectivity index (χ1v) is 4.32. The van der Waals surface area contributed by atoms with Crippen LogP contribution in [-0.2, 0) is 0 Å². The Morgan fingerprint density at radius 2 is 2.07 bits per heavy atom. The highest BCUT2D eigenvalue weighted by Crippen LogP contribution is 1.93. The molecule has 0 aromatic rings. The van der Waals surface area contributed by atoms with Gasteiger partial charge in [0, 0.05) is 13.1 Å². The quantitative estimate of drug-likeness (QED) is 0.515. The predicted molar refractivity (Wildman–Crippen MR) is 52.8 cm³/mol. The molecule has 0 heterocycles. The molecule has 0 saturated carbocycles. The second-order valence-electron chi connectivity index (χ2n) is 2.50. The molecule has 1 N–H and O–H groups in total. The Bertz CT molecular complexity index is 277. The molecule has 0 aromatic heterocycles. The van der Waals surface area contributed by atoms with Crippen molar-refractivity contribution in [1.82, 2.24) is 4.90 Å². The molecule has 0 aliphatic heterocycles. The fourth-order valence-electron chi connectivity index (χ4n) is 0.827. The summed E-state index contributed by atoms with van der Waals surface area (Å²) in [5.41, 5.74) is 0.0706. The van der Waals surface area contributed by atoms with E-state index in [4.69, 9.17) is 15.6 Å². The van der Waals surface area contributed by atoms with Gasteiger partial charge in [0.2, 0.25) is 0 Å². The lowest BCUT2D eigenvalue weighted by Crippen LogP contribution is -2.20. The Morgan fingerprint density at radius 1 is 1.43 bits per heavy atom. The van der Waals surface area contributed by atoms with E-state index in [0.29, 0.717) is 6.54 Å². The third-order valence-corrected chi connectivity index (χ3v) is 1.59. The Hall–Kier alpha value is -1.78. The molecule has 0 fully saturated rings. The van der Waals surface area contributed by atoms with E-state index in [1.165, 1.54) is 6.08 Å². The number of nitriles is 2. The van der Waals surface area contributed by atoms with E-state index >= 15 is 0 Å². The van der Waals surface area contributed by atoms with E-state index in [1.807, 2.05) is 11.8 Å². The number of aliphatic hydroxyl groups is 1. The lowest BCUT2D eigenvalue weighted by molar-refractivity contribution is 0.241. The molecule has 0 bridgehead atoms. The molecule has 0 saturated heterocycles. The van der Waals surface area contributed by atoms with Crippen molar-refractivity contribution in [3.63, 3.8) is 0 Å².